The van der Waals surface area contributed by atoms with E-state index in [4.69, 9.17) is 5.73 Å². The van der Waals surface area contributed by atoms with Crippen LogP contribution in [0.4, 0.5) is 27.4 Å². The fourth-order valence-electron chi connectivity index (χ4n) is 2.59. The van der Waals surface area contributed by atoms with Crippen LogP contribution >= 0.6 is 15.9 Å². The number of hydrogen-bond acceptors (Lipinski definition) is 5. The topological polar surface area (TPSA) is 67.1 Å². The standard InChI is InChI=1S/C18H25BrFN5/c1-11(2)8-25(9-12(3)4)18-16(21)17(22-10-23-18)24-15-6-5-13(19)7-14(15)20/h5-7,10-12H,8-9,21H2,1-4H3,(H,22,23,24). The Balaban J connectivity index is 2.33. The van der Waals surface area contributed by atoms with E-state index in [2.05, 4.69) is 63.8 Å². The molecule has 2 aromatic rings. The molecule has 1 aromatic heterocycles. The molecule has 0 bridgehead atoms. The Kier molecular flexibility index (Phi) is 6.58. The Morgan fingerprint density at radius 1 is 1.16 bits per heavy atom. The molecule has 0 unspecified atom stereocenters. The summed E-state index contributed by atoms with van der Waals surface area (Å²) in [5.41, 5.74) is 7.04. The van der Waals surface area contributed by atoms with E-state index in [-0.39, 0.29) is 5.82 Å². The van der Waals surface area contributed by atoms with E-state index < -0.39 is 0 Å². The molecule has 0 saturated heterocycles. The third kappa shape index (κ3) is 5.29. The highest BCUT2D eigenvalue weighted by molar-refractivity contribution is 9.10. The summed E-state index contributed by atoms with van der Waals surface area (Å²) in [4.78, 5) is 10.7. The summed E-state index contributed by atoms with van der Waals surface area (Å²) < 4.78 is 14.8. The molecule has 0 aliphatic carbocycles. The molecule has 0 spiro atoms. The van der Waals surface area contributed by atoms with E-state index >= 15 is 0 Å². The molecule has 0 aliphatic heterocycles. The average Bonchev–Trinajstić information content (AvgIpc) is 2.50. The SMILES string of the molecule is CC(C)CN(CC(C)C)c1ncnc(Nc2ccc(Br)cc2F)c1N. The van der Waals surface area contributed by atoms with Crippen molar-refractivity contribution in [2.45, 2.75) is 27.7 Å². The lowest BCUT2D eigenvalue weighted by Crippen LogP contribution is -2.32. The number of hydrogen-bond donors (Lipinski definition) is 2. The van der Waals surface area contributed by atoms with Crippen molar-refractivity contribution in [1.29, 1.82) is 0 Å². The molecule has 0 saturated carbocycles. The third-order valence-electron chi connectivity index (χ3n) is 3.52. The van der Waals surface area contributed by atoms with Crippen LogP contribution in [-0.2, 0) is 0 Å². The predicted octanol–water partition coefficient (Wildman–Crippen LogP) is 4.82. The lowest BCUT2D eigenvalue weighted by molar-refractivity contribution is 0.549. The first-order valence-corrected chi connectivity index (χ1v) is 9.14. The largest absolute Gasteiger partial charge is 0.393 e. The smallest absolute Gasteiger partial charge is 0.159 e. The van der Waals surface area contributed by atoms with Gasteiger partial charge in [-0.05, 0) is 30.0 Å². The van der Waals surface area contributed by atoms with Crippen LogP contribution in [0.5, 0.6) is 0 Å². The summed E-state index contributed by atoms with van der Waals surface area (Å²) >= 11 is 3.25. The van der Waals surface area contributed by atoms with Crippen molar-refractivity contribution in [2.24, 2.45) is 11.8 Å². The first-order chi connectivity index (χ1) is 11.8. The van der Waals surface area contributed by atoms with Crippen LogP contribution in [0, 0.1) is 17.7 Å². The fourth-order valence-corrected chi connectivity index (χ4v) is 2.92. The zero-order valence-electron chi connectivity index (χ0n) is 15.1. The number of nitrogen functional groups attached to an aromatic ring is 1. The molecule has 7 heteroatoms. The highest BCUT2D eigenvalue weighted by Gasteiger charge is 2.18. The Hall–Kier alpha value is -1.89. The van der Waals surface area contributed by atoms with Crippen LogP contribution < -0.4 is 16.0 Å². The summed E-state index contributed by atoms with van der Waals surface area (Å²) in [7, 11) is 0. The predicted molar refractivity (Wildman–Crippen MR) is 106 cm³/mol. The quantitative estimate of drug-likeness (QED) is 0.685. The minimum atomic E-state index is -0.379. The molecule has 0 fully saturated rings. The van der Waals surface area contributed by atoms with Gasteiger partial charge >= 0.3 is 0 Å². The van der Waals surface area contributed by atoms with Crippen molar-refractivity contribution in [3.05, 3.63) is 34.8 Å². The molecule has 136 valence electrons. The number of anilines is 4. The first-order valence-electron chi connectivity index (χ1n) is 8.35. The van der Waals surface area contributed by atoms with E-state index in [9.17, 15) is 4.39 Å². The van der Waals surface area contributed by atoms with Crippen LogP contribution in [0.25, 0.3) is 0 Å². The van der Waals surface area contributed by atoms with Crippen LogP contribution in [0.1, 0.15) is 27.7 Å². The van der Waals surface area contributed by atoms with Gasteiger partial charge in [-0.2, -0.15) is 0 Å². The van der Waals surface area contributed by atoms with Crippen LogP contribution in [0.2, 0.25) is 0 Å². The van der Waals surface area contributed by atoms with Crippen LogP contribution in [-0.4, -0.2) is 23.1 Å². The molecule has 0 radical (unpaired) electrons. The Labute approximate surface area is 157 Å². The fraction of sp³-hybridized carbons (Fsp3) is 0.444. The number of halogens is 2. The van der Waals surface area contributed by atoms with Gasteiger partial charge in [-0.15, -0.1) is 0 Å². The summed E-state index contributed by atoms with van der Waals surface area (Å²) in [5.74, 6) is 1.64. The summed E-state index contributed by atoms with van der Waals surface area (Å²) in [6.07, 6.45) is 1.46. The van der Waals surface area contributed by atoms with Gasteiger partial charge in [-0.1, -0.05) is 43.6 Å². The molecule has 0 amide bonds. The van der Waals surface area contributed by atoms with Crippen molar-refractivity contribution in [3.8, 4) is 0 Å². The first kappa shape index (κ1) is 19.4. The van der Waals surface area contributed by atoms with Gasteiger partial charge in [0.15, 0.2) is 11.6 Å². The van der Waals surface area contributed by atoms with Gasteiger partial charge in [-0.3, -0.25) is 0 Å². The van der Waals surface area contributed by atoms with Gasteiger partial charge < -0.3 is 16.0 Å². The summed E-state index contributed by atoms with van der Waals surface area (Å²) in [6, 6.07) is 4.79. The second-order valence-corrected chi connectivity index (χ2v) is 7.82. The normalized spacial score (nSPS) is 11.2. The number of rotatable bonds is 7. The number of benzene rings is 1. The van der Waals surface area contributed by atoms with Gasteiger partial charge in [0.1, 0.15) is 17.8 Å². The maximum absolute atomic E-state index is 14.1. The Bertz CT molecular complexity index is 711. The molecule has 3 N–H and O–H groups in total. The third-order valence-corrected chi connectivity index (χ3v) is 4.01. The van der Waals surface area contributed by atoms with E-state index in [0.717, 1.165) is 13.1 Å². The molecule has 1 heterocycles. The highest BCUT2D eigenvalue weighted by atomic mass is 79.9. The molecule has 0 atom stereocenters. The monoisotopic (exact) mass is 409 g/mol. The summed E-state index contributed by atoms with van der Waals surface area (Å²) in [6.45, 7) is 10.3. The molecule has 1 aromatic carbocycles. The Morgan fingerprint density at radius 3 is 2.36 bits per heavy atom. The number of aromatic nitrogens is 2. The van der Waals surface area contributed by atoms with Gasteiger partial charge in [0.05, 0.1) is 5.69 Å². The minimum Gasteiger partial charge on any atom is -0.393 e. The molecule has 0 aliphatic rings. The number of nitrogens with zero attached hydrogens (tertiary/aromatic N) is 3. The molecular formula is C18H25BrFN5. The van der Waals surface area contributed by atoms with Gasteiger partial charge in [-0.25, -0.2) is 14.4 Å². The lowest BCUT2D eigenvalue weighted by atomic mass is 10.1. The van der Waals surface area contributed by atoms with Gasteiger partial charge in [0.25, 0.3) is 0 Å². The van der Waals surface area contributed by atoms with E-state index in [1.807, 2.05) is 0 Å². The van der Waals surface area contributed by atoms with Crippen molar-refractivity contribution in [3.63, 3.8) is 0 Å². The average molecular weight is 410 g/mol. The van der Waals surface area contributed by atoms with Gasteiger partial charge in [0, 0.05) is 17.6 Å². The number of nitrogens with two attached hydrogens (primary N) is 1. The van der Waals surface area contributed by atoms with Crippen molar-refractivity contribution in [2.75, 3.05) is 29.0 Å². The van der Waals surface area contributed by atoms with Crippen molar-refractivity contribution in [1.82, 2.24) is 9.97 Å². The lowest BCUT2D eigenvalue weighted by Gasteiger charge is -2.28. The zero-order chi connectivity index (χ0) is 18.6. The molecule has 25 heavy (non-hydrogen) atoms. The molecule has 2 rings (SSSR count). The molecular weight excluding hydrogens is 385 g/mol. The van der Waals surface area contributed by atoms with Gasteiger partial charge in [0.2, 0.25) is 0 Å². The van der Waals surface area contributed by atoms with Crippen LogP contribution in [0.3, 0.4) is 0 Å². The number of nitrogens with one attached hydrogen (secondary N) is 1. The highest BCUT2D eigenvalue weighted by Crippen LogP contribution is 2.31. The zero-order valence-corrected chi connectivity index (χ0v) is 16.6. The summed E-state index contributed by atoms with van der Waals surface area (Å²) in [5, 5.41) is 2.97. The van der Waals surface area contributed by atoms with Crippen LogP contribution in [0.15, 0.2) is 29.0 Å². The second kappa shape index (κ2) is 8.47. The van der Waals surface area contributed by atoms with Crippen molar-refractivity contribution >= 4 is 38.9 Å². The minimum absolute atomic E-state index is 0.318. The molecule has 5 nitrogen and oxygen atoms in total. The second-order valence-electron chi connectivity index (χ2n) is 6.90. The van der Waals surface area contributed by atoms with E-state index in [1.165, 1.54) is 12.4 Å². The maximum atomic E-state index is 14.1. The Morgan fingerprint density at radius 2 is 1.80 bits per heavy atom. The van der Waals surface area contributed by atoms with E-state index in [1.54, 1.807) is 12.1 Å². The van der Waals surface area contributed by atoms with Crippen molar-refractivity contribution < 1.29 is 4.39 Å². The maximum Gasteiger partial charge on any atom is 0.159 e. The van der Waals surface area contributed by atoms with E-state index in [0.29, 0.717) is 39.3 Å².